The monoisotopic (exact) mass is 322 g/mol. The molecule has 0 saturated carbocycles. The van der Waals surface area contributed by atoms with Crippen LogP contribution >= 0.6 is 15.9 Å². The third-order valence-corrected chi connectivity index (χ3v) is 3.01. The first-order valence-corrected chi connectivity index (χ1v) is 6.89. The van der Waals surface area contributed by atoms with Crippen LogP contribution < -0.4 is 10.9 Å². The van der Waals surface area contributed by atoms with E-state index in [-0.39, 0.29) is 5.56 Å². The van der Waals surface area contributed by atoms with Crippen molar-refractivity contribution < 1.29 is 0 Å². The van der Waals surface area contributed by atoms with Gasteiger partial charge in [0.2, 0.25) is 0 Å². The number of rotatable bonds is 5. The highest BCUT2D eigenvalue weighted by Crippen LogP contribution is 2.07. The molecule has 0 radical (unpaired) electrons. The molecule has 1 N–H and O–H groups in total. The maximum Gasteiger partial charge on any atom is 0.250 e. The van der Waals surface area contributed by atoms with E-state index in [1.165, 1.54) is 6.07 Å². The maximum absolute atomic E-state index is 11.7. The second-order valence-electron chi connectivity index (χ2n) is 4.13. The number of halogens is 1. The highest BCUT2D eigenvalue weighted by atomic mass is 79.9. The number of hydrogen-bond acceptors (Lipinski definition) is 4. The Labute approximate surface area is 119 Å². The van der Waals surface area contributed by atoms with Crippen LogP contribution in [0.25, 0.3) is 0 Å². The van der Waals surface area contributed by atoms with Crippen molar-refractivity contribution in [3.8, 4) is 0 Å². The summed E-state index contributed by atoms with van der Waals surface area (Å²) in [6.07, 6.45) is 6.16. The average Bonchev–Trinajstić information content (AvgIpc) is 2.42. The van der Waals surface area contributed by atoms with Gasteiger partial charge in [-0.2, -0.15) is 0 Å². The normalized spacial score (nSPS) is 10.4. The predicted molar refractivity (Wildman–Crippen MR) is 78.3 cm³/mol. The molecule has 2 rings (SSSR count). The van der Waals surface area contributed by atoms with Gasteiger partial charge < -0.3 is 9.88 Å². The van der Waals surface area contributed by atoms with E-state index in [1.807, 2.05) is 0 Å². The van der Waals surface area contributed by atoms with Crippen molar-refractivity contribution in [2.45, 2.75) is 19.9 Å². The topological polar surface area (TPSA) is 59.8 Å². The van der Waals surface area contributed by atoms with Crippen LogP contribution in [-0.4, -0.2) is 21.1 Å². The third kappa shape index (κ3) is 3.89. The molecular weight excluding hydrogens is 308 g/mol. The molecule has 0 amide bonds. The molecule has 2 aromatic heterocycles. The lowest BCUT2D eigenvalue weighted by Crippen LogP contribution is -2.19. The summed E-state index contributed by atoms with van der Waals surface area (Å²) in [5.41, 5.74) is 0.695. The van der Waals surface area contributed by atoms with Crippen molar-refractivity contribution in [3.63, 3.8) is 0 Å². The van der Waals surface area contributed by atoms with E-state index in [1.54, 1.807) is 29.2 Å². The van der Waals surface area contributed by atoms with Gasteiger partial charge in [-0.25, -0.2) is 4.98 Å². The van der Waals surface area contributed by atoms with Gasteiger partial charge in [0.15, 0.2) is 0 Å². The molecule has 6 heteroatoms. The Hall–Kier alpha value is -1.69. The van der Waals surface area contributed by atoms with Gasteiger partial charge >= 0.3 is 0 Å². The number of nitrogens with zero attached hydrogens (tertiary/aromatic N) is 3. The molecule has 0 bridgehead atoms. The summed E-state index contributed by atoms with van der Waals surface area (Å²) < 4.78 is 2.45. The Morgan fingerprint density at radius 1 is 1.32 bits per heavy atom. The Morgan fingerprint density at radius 2 is 2.16 bits per heavy atom. The lowest BCUT2D eigenvalue weighted by Gasteiger charge is -2.07. The Bertz CT molecular complexity index is 594. The van der Waals surface area contributed by atoms with Gasteiger partial charge in [-0.3, -0.25) is 9.78 Å². The molecule has 0 aromatic carbocycles. The summed E-state index contributed by atoms with van der Waals surface area (Å²) >= 11 is 3.34. The smallest absolute Gasteiger partial charge is 0.250 e. The van der Waals surface area contributed by atoms with E-state index in [2.05, 4.69) is 38.1 Å². The molecule has 100 valence electrons. The molecule has 0 aliphatic heterocycles. The molecule has 5 nitrogen and oxygen atoms in total. The Balaban J connectivity index is 2.11. The highest BCUT2D eigenvalue weighted by molar-refractivity contribution is 9.10. The van der Waals surface area contributed by atoms with Gasteiger partial charge in [0.25, 0.3) is 5.56 Å². The molecule has 0 atom stereocenters. The summed E-state index contributed by atoms with van der Waals surface area (Å²) in [6, 6.07) is 3.25. The van der Waals surface area contributed by atoms with E-state index in [4.69, 9.17) is 0 Å². The van der Waals surface area contributed by atoms with Gasteiger partial charge in [0, 0.05) is 23.3 Å². The largest absolute Gasteiger partial charge is 0.369 e. The van der Waals surface area contributed by atoms with Crippen LogP contribution in [0.5, 0.6) is 0 Å². The van der Waals surface area contributed by atoms with Crippen molar-refractivity contribution in [1.82, 2.24) is 14.5 Å². The highest BCUT2D eigenvalue weighted by Gasteiger charge is 2.01. The maximum atomic E-state index is 11.7. The molecule has 0 unspecified atom stereocenters. The molecule has 0 saturated heterocycles. The second-order valence-corrected chi connectivity index (χ2v) is 5.05. The van der Waals surface area contributed by atoms with E-state index in [9.17, 15) is 4.79 Å². The molecule has 19 heavy (non-hydrogen) atoms. The van der Waals surface area contributed by atoms with Crippen molar-refractivity contribution in [3.05, 3.63) is 51.2 Å². The predicted octanol–water partition coefficient (Wildman–Crippen LogP) is 2.27. The molecule has 0 fully saturated rings. The van der Waals surface area contributed by atoms with Gasteiger partial charge in [0.1, 0.15) is 5.82 Å². The van der Waals surface area contributed by atoms with Gasteiger partial charge in [-0.05, 0) is 28.4 Å². The van der Waals surface area contributed by atoms with Gasteiger partial charge in [0.05, 0.1) is 24.6 Å². The van der Waals surface area contributed by atoms with Crippen molar-refractivity contribution in [1.29, 1.82) is 0 Å². The van der Waals surface area contributed by atoms with Gasteiger partial charge in [-0.1, -0.05) is 6.92 Å². The zero-order chi connectivity index (χ0) is 13.7. The third-order valence-electron chi connectivity index (χ3n) is 2.54. The number of anilines is 1. The first-order chi connectivity index (χ1) is 9.19. The quantitative estimate of drug-likeness (QED) is 0.917. The Kier molecular flexibility index (Phi) is 4.68. The molecular formula is C13H15BrN4O. The first kappa shape index (κ1) is 13.7. The summed E-state index contributed by atoms with van der Waals surface area (Å²) in [4.78, 5) is 20.2. The summed E-state index contributed by atoms with van der Waals surface area (Å²) in [7, 11) is 0. The molecule has 2 heterocycles. The van der Waals surface area contributed by atoms with Crippen LogP contribution in [0.3, 0.4) is 0 Å². The SMILES string of the molecule is CCCNc1cnc(Cn2cc(Br)ccc2=O)cn1. The number of aromatic nitrogens is 3. The standard InChI is InChI=1S/C13H15BrN4O/c1-2-5-15-12-7-16-11(6-17-12)9-18-8-10(14)3-4-13(18)19/h3-4,6-8H,2,5,9H2,1H3,(H,15,17). The molecule has 2 aromatic rings. The lowest BCUT2D eigenvalue weighted by molar-refractivity contribution is 0.732. The number of nitrogens with one attached hydrogen (secondary N) is 1. The fourth-order valence-electron chi connectivity index (χ4n) is 1.58. The molecule has 0 aliphatic rings. The summed E-state index contributed by atoms with van der Waals surface area (Å²) in [6.45, 7) is 3.38. The van der Waals surface area contributed by atoms with E-state index >= 15 is 0 Å². The zero-order valence-electron chi connectivity index (χ0n) is 10.6. The Morgan fingerprint density at radius 3 is 2.84 bits per heavy atom. The lowest BCUT2D eigenvalue weighted by atomic mass is 10.4. The zero-order valence-corrected chi connectivity index (χ0v) is 12.2. The van der Waals surface area contributed by atoms with Crippen LogP contribution in [0.4, 0.5) is 5.82 Å². The minimum Gasteiger partial charge on any atom is -0.369 e. The van der Waals surface area contributed by atoms with Crippen molar-refractivity contribution >= 4 is 21.7 Å². The van der Waals surface area contributed by atoms with Crippen LogP contribution in [0, 0.1) is 0 Å². The fraction of sp³-hybridized carbons (Fsp3) is 0.308. The van der Waals surface area contributed by atoms with Crippen LogP contribution in [0.2, 0.25) is 0 Å². The van der Waals surface area contributed by atoms with Crippen molar-refractivity contribution in [2.24, 2.45) is 0 Å². The second kappa shape index (κ2) is 6.47. The van der Waals surface area contributed by atoms with Gasteiger partial charge in [-0.15, -0.1) is 0 Å². The van der Waals surface area contributed by atoms with E-state index in [0.717, 1.165) is 29.0 Å². The number of pyridine rings is 1. The van der Waals surface area contributed by atoms with Crippen LogP contribution in [0.15, 0.2) is 40.0 Å². The molecule has 0 spiro atoms. The summed E-state index contributed by atoms with van der Waals surface area (Å²) in [5.74, 6) is 0.757. The first-order valence-electron chi connectivity index (χ1n) is 6.10. The van der Waals surface area contributed by atoms with E-state index < -0.39 is 0 Å². The van der Waals surface area contributed by atoms with E-state index in [0.29, 0.717) is 6.54 Å². The number of hydrogen-bond donors (Lipinski definition) is 1. The average molecular weight is 323 g/mol. The minimum absolute atomic E-state index is 0.0572. The summed E-state index contributed by atoms with van der Waals surface area (Å²) in [5, 5.41) is 3.16. The minimum atomic E-state index is -0.0572. The fourth-order valence-corrected chi connectivity index (χ4v) is 1.96. The van der Waals surface area contributed by atoms with Crippen LogP contribution in [0.1, 0.15) is 19.0 Å². The van der Waals surface area contributed by atoms with Crippen LogP contribution in [-0.2, 0) is 6.54 Å². The molecule has 0 aliphatic carbocycles. The van der Waals surface area contributed by atoms with Crippen molar-refractivity contribution in [2.75, 3.05) is 11.9 Å².